The van der Waals surface area contributed by atoms with E-state index < -0.39 is 60.2 Å². The fourth-order valence-corrected chi connectivity index (χ4v) is 4.27. The molecule has 0 aliphatic carbocycles. The molecule has 4 rings (SSSR count). The highest BCUT2D eigenvalue weighted by molar-refractivity contribution is 5.93. The number of Topliss-reactive ketones (excluding diaryl/α,β-unsaturated/α-hetero) is 1. The first-order chi connectivity index (χ1) is 21.4. The highest BCUT2D eigenvalue weighted by atomic mass is 19.4. The van der Waals surface area contributed by atoms with Gasteiger partial charge < -0.3 is 15.2 Å². The van der Waals surface area contributed by atoms with E-state index in [1.807, 2.05) is 0 Å². The van der Waals surface area contributed by atoms with Gasteiger partial charge in [0.15, 0.2) is 0 Å². The maximum Gasteiger partial charge on any atom is 0.452 e. The molecule has 232 valence electrons. The van der Waals surface area contributed by atoms with Crippen LogP contribution in [0, 0.1) is 0 Å². The highest BCUT2D eigenvalue weighted by Crippen LogP contribution is 2.21. The van der Waals surface area contributed by atoms with Crippen molar-refractivity contribution in [3.05, 3.63) is 118 Å². The second-order valence-corrected chi connectivity index (χ2v) is 9.63. The minimum atomic E-state index is -5.24. The SMILES string of the molecule is O=C(Cn1c(-c2ccccc2)ncc(NC(=O)OCc2cccc(C(=O)O)c2)c1=O)NC(Cc1ccccc1)C(=O)C(F)(F)F. The van der Waals surface area contributed by atoms with Gasteiger partial charge in [0.2, 0.25) is 5.91 Å². The van der Waals surface area contributed by atoms with Crippen molar-refractivity contribution in [2.24, 2.45) is 0 Å². The molecule has 0 radical (unpaired) electrons. The minimum Gasteiger partial charge on any atom is -0.478 e. The van der Waals surface area contributed by atoms with Gasteiger partial charge in [-0.25, -0.2) is 14.6 Å². The molecule has 11 nitrogen and oxygen atoms in total. The Morgan fingerprint density at radius 2 is 1.56 bits per heavy atom. The number of aromatic nitrogens is 2. The van der Waals surface area contributed by atoms with Crippen molar-refractivity contribution in [2.75, 3.05) is 5.32 Å². The number of ether oxygens (including phenoxy) is 1. The molecule has 0 aliphatic heterocycles. The Morgan fingerprint density at radius 1 is 0.911 bits per heavy atom. The Bertz CT molecular complexity index is 1760. The molecular formula is C31H25F3N4O7. The first-order valence-corrected chi connectivity index (χ1v) is 13.3. The first kappa shape index (κ1) is 32.1. The number of rotatable bonds is 11. The molecule has 4 aromatic rings. The fourth-order valence-electron chi connectivity index (χ4n) is 4.27. The summed E-state index contributed by atoms with van der Waals surface area (Å²) in [5.41, 5.74) is -0.286. The van der Waals surface area contributed by atoms with Gasteiger partial charge in [-0.15, -0.1) is 0 Å². The number of halogens is 3. The monoisotopic (exact) mass is 622 g/mol. The van der Waals surface area contributed by atoms with Crippen LogP contribution in [0.25, 0.3) is 11.4 Å². The van der Waals surface area contributed by atoms with E-state index in [4.69, 9.17) is 9.84 Å². The van der Waals surface area contributed by atoms with Gasteiger partial charge in [-0.2, -0.15) is 13.2 Å². The van der Waals surface area contributed by atoms with E-state index in [1.54, 1.807) is 48.5 Å². The summed E-state index contributed by atoms with van der Waals surface area (Å²) in [6, 6.07) is 19.6. The zero-order valence-corrected chi connectivity index (χ0v) is 23.3. The summed E-state index contributed by atoms with van der Waals surface area (Å²) in [6.07, 6.45) is -5.76. The van der Waals surface area contributed by atoms with E-state index in [9.17, 15) is 37.1 Å². The number of nitrogens with one attached hydrogen (secondary N) is 2. The molecule has 0 saturated heterocycles. The number of aromatic carboxylic acids is 1. The normalized spacial score (nSPS) is 11.7. The number of benzene rings is 3. The standard InChI is InChI=1S/C31H25F3N4O7/c32-31(33,34)26(40)23(15-19-8-3-1-4-9-19)36-25(39)17-38-27(21-11-5-2-6-12-21)35-16-24(28(38)41)37-30(44)45-18-20-10-7-13-22(14-20)29(42)43/h1-14,16,23H,15,17-18H2,(H,36,39)(H,37,44)(H,42,43). The van der Waals surface area contributed by atoms with Crippen LogP contribution in [0.4, 0.5) is 23.7 Å². The Labute approximate surface area is 253 Å². The number of amides is 2. The van der Waals surface area contributed by atoms with E-state index >= 15 is 0 Å². The van der Waals surface area contributed by atoms with Crippen molar-refractivity contribution in [1.29, 1.82) is 0 Å². The number of anilines is 1. The van der Waals surface area contributed by atoms with Gasteiger partial charge in [0, 0.05) is 12.0 Å². The van der Waals surface area contributed by atoms with Gasteiger partial charge in [-0.1, -0.05) is 72.8 Å². The summed E-state index contributed by atoms with van der Waals surface area (Å²) >= 11 is 0. The van der Waals surface area contributed by atoms with Gasteiger partial charge in [0.1, 0.15) is 30.7 Å². The lowest BCUT2D eigenvalue weighted by Gasteiger charge is -2.20. The fraction of sp³-hybridized carbons (Fsp3) is 0.161. The predicted octanol–water partition coefficient (Wildman–Crippen LogP) is 4.22. The van der Waals surface area contributed by atoms with Crippen molar-refractivity contribution < 1.29 is 42.2 Å². The third-order valence-electron chi connectivity index (χ3n) is 6.38. The van der Waals surface area contributed by atoms with Crippen molar-refractivity contribution >= 4 is 29.4 Å². The van der Waals surface area contributed by atoms with Crippen LogP contribution in [0.5, 0.6) is 0 Å². The first-order valence-electron chi connectivity index (χ1n) is 13.3. The van der Waals surface area contributed by atoms with Crippen LogP contribution in [0.2, 0.25) is 0 Å². The average molecular weight is 623 g/mol. The lowest BCUT2D eigenvalue weighted by molar-refractivity contribution is -0.173. The quantitative estimate of drug-likeness (QED) is 0.225. The number of carboxylic acid groups (broad SMARTS) is 1. The molecule has 1 aromatic heterocycles. The Kier molecular flexibility index (Phi) is 10.1. The number of hydrogen-bond acceptors (Lipinski definition) is 7. The average Bonchev–Trinajstić information content (AvgIpc) is 3.02. The Morgan fingerprint density at radius 3 is 2.20 bits per heavy atom. The van der Waals surface area contributed by atoms with Crippen molar-refractivity contribution in [2.45, 2.75) is 31.8 Å². The molecule has 1 unspecified atom stereocenters. The number of ketones is 1. The van der Waals surface area contributed by atoms with Gasteiger partial charge >= 0.3 is 18.2 Å². The molecule has 0 aliphatic rings. The van der Waals surface area contributed by atoms with Crippen LogP contribution in [-0.4, -0.2) is 50.6 Å². The summed E-state index contributed by atoms with van der Waals surface area (Å²) in [7, 11) is 0. The molecule has 3 aromatic carbocycles. The second-order valence-electron chi connectivity index (χ2n) is 9.63. The molecular weight excluding hydrogens is 597 g/mol. The largest absolute Gasteiger partial charge is 0.478 e. The molecule has 0 fully saturated rings. The van der Waals surface area contributed by atoms with E-state index in [0.717, 1.165) is 10.8 Å². The second kappa shape index (κ2) is 14.1. The molecule has 0 bridgehead atoms. The van der Waals surface area contributed by atoms with E-state index in [2.05, 4.69) is 15.6 Å². The maximum atomic E-state index is 13.5. The lowest BCUT2D eigenvalue weighted by Crippen LogP contribution is -2.49. The van der Waals surface area contributed by atoms with Crippen LogP contribution >= 0.6 is 0 Å². The number of alkyl halides is 3. The zero-order valence-electron chi connectivity index (χ0n) is 23.3. The van der Waals surface area contributed by atoms with E-state index in [1.165, 1.54) is 36.4 Å². The number of hydrogen-bond donors (Lipinski definition) is 3. The smallest absolute Gasteiger partial charge is 0.452 e. The highest BCUT2D eigenvalue weighted by Gasteiger charge is 2.44. The van der Waals surface area contributed by atoms with Gasteiger partial charge in [0.05, 0.1) is 11.8 Å². The van der Waals surface area contributed by atoms with E-state index in [0.29, 0.717) is 16.7 Å². The molecule has 3 N–H and O–H groups in total. The van der Waals surface area contributed by atoms with Crippen molar-refractivity contribution in [3.63, 3.8) is 0 Å². The number of carbonyl (C=O) groups excluding carboxylic acids is 3. The summed E-state index contributed by atoms with van der Waals surface area (Å²) < 4.78 is 46.1. The summed E-state index contributed by atoms with van der Waals surface area (Å²) in [5, 5.41) is 13.4. The maximum absolute atomic E-state index is 13.5. The zero-order chi connectivity index (χ0) is 32.6. The molecule has 1 atom stereocenters. The van der Waals surface area contributed by atoms with Crippen LogP contribution in [-0.2, 0) is 33.9 Å². The Balaban J connectivity index is 1.57. The lowest BCUT2D eigenvalue weighted by atomic mass is 10.0. The van der Waals surface area contributed by atoms with Crippen LogP contribution in [0.1, 0.15) is 21.5 Å². The van der Waals surface area contributed by atoms with Gasteiger partial charge in [-0.3, -0.25) is 24.3 Å². The van der Waals surface area contributed by atoms with Gasteiger partial charge in [0.25, 0.3) is 11.3 Å². The molecule has 1 heterocycles. The Hall–Kier alpha value is -5.79. The molecule has 2 amide bonds. The van der Waals surface area contributed by atoms with Gasteiger partial charge in [-0.05, 0) is 23.3 Å². The summed E-state index contributed by atoms with van der Waals surface area (Å²) in [5.74, 6) is -4.47. The predicted molar refractivity (Wildman–Crippen MR) is 154 cm³/mol. The molecule has 0 spiro atoms. The summed E-state index contributed by atoms with van der Waals surface area (Å²) in [4.78, 5) is 66.6. The molecule has 14 heteroatoms. The molecule has 45 heavy (non-hydrogen) atoms. The third kappa shape index (κ3) is 8.63. The van der Waals surface area contributed by atoms with Crippen LogP contribution < -0.4 is 16.2 Å². The minimum absolute atomic E-state index is 0.0266. The number of carbonyl (C=O) groups is 4. The van der Waals surface area contributed by atoms with Crippen molar-refractivity contribution in [3.8, 4) is 11.4 Å². The summed E-state index contributed by atoms with van der Waals surface area (Å²) in [6.45, 7) is -1.19. The third-order valence-corrected chi connectivity index (χ3v) is 6.38. The van der Waals surface area contributed by atoms with E-state index in [-0.39, 0.29) is 18.0 Å². The van der Waals surface area contributed by atoms with Crippen LogP contribution in [0.15, 0.2) is 95.9 Å². The number of carboxylic acids is 1. The molecule has 0 saturated carbocycles. The van der Waals surface area contributed by atoms with Crippen LogP contribution in [0.3, 0.4) is 0 Å². The van der Waals surface area contributed by atoms with Crippen molar-refractivity contribution in [1.82, 2.24) is 14.9 Å². The number of nitrogens with zero attached hydrogens (tertiary/aromatic N) is 2. The topological polar surface area (TPSA) is 157 Å².